The third-order valence-corrected chi connectivity index (χ3v) is 6.11. The Morgan fingerprint density at radius 1 is 0.886 bits per heavy atom. The molecule has 0 aliphatic heterocycles. The molecule has 13 heteroatoms. The predicted molar refractivity (Wildman–Crippen MR) is 163 cm³/mol. The van der Waals surface area contributed by atoms with E-state index in [-0.39, 0.29) is 11.4 Å². The Morgan fingerprint density at radius 3 is 2.07 bits per heavy atom. The second-order valence-corrected chi connectivity index (χ2v) is 11.3. The summed E-state index contributed by atoms with van der Waals surface area (Å²) in [5, 5.41) is 10.8. The van der Waals surface area contributed by atoms with Crippen molar-refractivity contribution in [2.45, 2.75) is 51.4 Å². The van der Waals surface area contributed by atoms with Crippen molar-refractivity contribution < 1.29 is 32.3 Å². The zero-order valence-electron chi connectivity index (χ0n) is 25.2. The van der Waals surface area contributed by atoms with E-state index >= 15 is 0 Å². The number of aromatic nitrogens is 1. The van der Waals surface area contributed by atoms with Gasteiger partial charge in [0, 0.05) is 11.9 Å². The quantitative estimate of drug-likeness (QED) is 0.197. The number of para-hydroxylation sites is 2. The standard InChI is InChI=1S/C31H37F3N6O4/c1-30(2,3)44-29(43)39-25-10-7-6-9-24(25)37-27(41)26-17-12-20(19-35-26)23(11-8-18-40(4)5)38-28(42)36-22-15-13-21(14-16-22)31(32,33)34/h6-7,9-10,12-17,19,23H,8,11,18H2,1-5H3,(H,37,41)(H,39,43)(H2,36,38,42). The second kappa shape index (κ2) is 14.7. The van der Waals surface area contributed by atoms with Crippen LogP contribution in [0, 0.1) is 0 Å². The second-order valence-electron chi connectivity index (χ2n) is 11.3. The highest BCUT2D eigenvalue weighted by atomic mass is 19.4. The van der Waals surface area contributed by atoms with Gasteiger partial charge in [0.2, 0.25) is 0 Å². The van der Waals surface area contributed by atoms with Gasteiger partial charge in [-0.2, -0.15) is 13.2 Å². The van der Waals surface area contributed by atoms with E-state index in [2.05, 4.69) is 26.3 Å². The lowest BCUT2D eigenvalue weighted by Crippen LogP contribution is -2.33. The fourth-order valence-electron chi connectivity index (χ4n) is 4.05. The maximum atomic E-state index is 13.0. The number of pyridine rings is 1. The van der Waals surface area contributed by atoms with Crippen molar-refractivity contribution in [3.05, 3.63) is 83.7 Å². The van der Waals surface area contributed by atoms with Crippen LogP contribution >= 0.6 is 0 Å². The van der Waals surface area contributed by atoms with Gasteiger partial charge in [0.1, 0.15) is 11.3 Å². The van der Waals surface area contributed by atoms with Crippen molar-refractivity contribution >= 4 is 35.1 Å². The first kappa shape index (κ1) is 33.8. The van der Waals surface area contributed by atoms with Crippen LogP contribution in [0.3, 0.4) is 0 Å². The summed E-state index contributed by atoms with van der Waals surface area (Å²) in [6.07, 6.45) is -2.40. The summed E-state index contributed by atoms with van der Waals surface area (Å²) in [4.78, 5) is 44.3. The number of anilines is 3. The van der Waals surface area contributed by atoms with Gasteiger partial charge in [-0.3, -0.25) is 15.1 Å². The predicted octanol–water partition coefficient (Wildman–Crippen LogP) is 6.90. The summed E-state index contributed by atoms with van der Waals surface area (Å²) >= 11 is 0. The van der Waals surface area contributed by atoms with Crippen LogP contribution in [0.1, 0.15) is 61.3 Å². The summed E-state index contributed by atoms with van der Waals surface area (Å²) in [6.45, 7) is 5.97. The van der Waals surface area contributed by atoms with E-state index in [4.69, 9.17) is 4.74 Å². The molecule has 0 bridgehead atoms. The number of carbonyl (C=O) groups excluding carboxylic acids is 3. The normalized spacial score (nSPS) is 12.3. The zero-order chi connectivity index (χ0) is 32.5. The van der Waals surface area contributed by atoms with E-state index < -0.39 is 41.4 Å². The molecule has 1 atom stereocenters. The van der Waals surface area contributed by atoms with Crippen LogP contribution in [0.25, 0.3) is 0 Å². The van der Waals surface area contributed by atoms with E-state index in [0.29, 0.717) is 23.4 Å². The number of rotatable bonds is 10. The van der Waals surface area contributed by atoms with Gasteiger partial charge in [0.25, 0.3) is 5.91 Å². The first-order chi connectivity index (χ1) is 20.6. The number of carbonyl (C=O) groups is 3. The van der Waals surface area contributed by atoms with Crippen LogP contribution in [0.4, 0.5) is 39.8 Å². The molecule has 3 aromatic rings. The number of benzene rings is 2. The lowest BCUT2D eigenvalue weighted by Gasteiger charge is -2.21. The van der Waals surface area contributed by atoms with Crippen LogP contribution in [0.5, 0.6) is 0 Å². The molecular weight excluding hydrogens is 577 g/mol. The highest BCUT2D eigenvalue weighted by Gasteiger charge is 2.30. The van der Waals surface area contributed by atoms with Crippen molar-refractivity contribution in [1.82, 2.24) is 15.2 Å². The van der Waals surface area contributed by atoms with E-state index in [0.717, 1.165) is 25.1 Å². The van der Waals surface area contributed by atoms with Crippen LogP contribution in [-0.2, 0) is 10.9 Å². The molecule has 0 aliphatic carbocycles. The molecule has 0 saturated carbocycles. The van der Waals surface area contributed by atoms with Gasteiger partial charge in [-0.1, -0.05) is 18.2 Å². The average Bonchev–Trinajstić information content (AvgIpc) is 2.92. The van der Waals surface area contributed by atoms with Gasteiger partial charge in [-0.15, -0.1) is 0 Å². The molecule has 0 spiro atoms. The molecule has 0 radical (unpaired) electrons. The van der Waals surface area contributed by atoms with Crippen LogP contribution < -0.4 is 21.3 Å². The molecule has 44 heavy (non-hydrogen) atoms. The molecule has 236 valence electrons. The van der Waals surface area contributed by atoms with Crippen molar-refractivity contribution in [2.24, 2.45) is 0 Å². The molecule has 10 nitrogen and oxygen atoms in total. The molecule has 4 N–H and O–H groups in total. The van der Waals surface area contributed by atoms with E-state index in [9.17, 15) is 27.6 Å². The number of amides is 4. The molecule has 3 rings (SSSR count). The minimum atomic E-state index is -4.48. The smallest absolute Gasteiger partial charge is 0.416 e. The number of nitrogens with one attached hydrogen (secondary N) is 4. The molecule has 0 fully saturated rings. The molecule has 4 amide bonds. The number of halogens is 3. The fraction of sp³-hybridized carbons (Fsp3) is 0.355. The van der Waals surface area contributed by atoms with Gasteiger partial charge in [-0.05, 0) is 102 Å². The molecular formula is C31H37F3N6O4. The van der Waals surface area contributed by atoms with Crippen LogP contribution in [-0.4, -0.2) is 54.2 Å². The zero-order valence-corrected chi connectivity index (χ0v) is 25.2. The number of urea groups is 1. The first-order valence-electron chi connectivity index (χ1n) is 13.9. The number of hydrogen-bond acceptors (Lipinski definition) is 6. The fourth-order valence-corrected chi connectivity index (χ4v) is 4.05. The number of nitrogens with zero attached hydrogens (tertiary/aromatic N) is 2. The maximum absolute atomic E-state index is 13.0. The SMILES string of the molecule is CN(C)CCCC(NC(=O)Nc1ccc(C(F)(F)F)cc1)c1ccc(C(=O)Nc2ccccc2NC(=O)OC(C)(C)C)nc1. The third-order valence-electron chi connectivity index (χ3n) is 6.11. The van der Waals surface area contributed by atoms with Crippen LogP contribution in [0.15, 0.2) is 66.9 Å². The number of alkyl halides is 3. The molecule has 0 saturated heterocycles. The minimum Gasteiger partial charge on any atom is -0.444 e. The average molecular weight is 615 g/mol. The lowest BCUT2D eigenvalue weighted by atomic mass is 10.0. The molecule has 1 aromatic heterocycles. The Kier molecular flexibility index (Phi) is 11.3. The van der Waals surface area contributed by atoms with E-state index in [1.165, 1.54) is 24.4 Å². The Bertz CT molecular complexity index is 1420. The summed E-state index contributed by atoms with van der Waals surface area (Å²) in [5.74, 6) is -0.521. The maximum Gasteiger partial charge on any atom is 0.416 e. The molecule has 0 aliphatic rings. The van der Waals surface area contributed by atoms with Crippen LogP contribution in [0.2, 0.25) is 0 Å². The van der Waals surface area contributed by atoms with Gasteiger partial charge in [-0.25, -0.2) is 9.59 Å². The topological polar surface area (TPSA) is 125 Å². The Labute approximate surface area is 254 Å². The number of ether oxygens (including phenoxy) is 1. The summed E-state index contributed by atoms with van der Waals surface area (Å²) in [6, 6.07) is 12.9. The molecule has 2 aromatic carbocycles. The summed E-state index contributed by atoms with van der Waals surface area (Å²) in [5.41, 5.74) is 0.109. The van der Waals surface area contributed by atoms with Gasteiger partial charge in [0.05, 0.1) is 23.0 Å². The number of hydrogen-bond donors (Lipinski definition) is 4. The molecule has 1 heterocycles. The van der Waals surface area contributed by atoms with E-state index in [1.54, 1.807) is 51.1 Å². The monoisotopic (exact) mass is 614 g/mol. The first-order valence-corrected chi connectivity index (χ1v) is 13.9. The van der Waals surface area contributed by atoms with Crippen molar-refractivity contribution in [2.75, 3.05) is 36.6 Å². The summed E-state index contributed by atoms with van der Waals surface area (Å²) < 4.78 is 43.9. The van der Waals surface area contributed by atoms with E-state index in [1.807, 2.05) is 19.0 Å². The highest BCUT2D eigenvalue weighted by Crippen LogP contribution is 2.30. The van der Waals surface area contributed by atoms with Crippen molar-refractivity contribution in [1.29, 1.82) is 0 Å². The minimum absolute atomic E-state index is 0.0991. The van der Waals surface area contributed by atoms with Gasteiger partial charge in [0.15, 0.2) is 0 Å². The molecule has 1 unspecified atom stereocenters. The van der Waals surface area contributed by atoms with Crippen molar-refractivity contribution in [3.63, 3.8) is 0 Å². The van der Waals surface area contributed by atoms with Gasteiger partial charge >= 0.3 is 18.3 Å². The Morgan fingerprint density at radius 2 is 1.52 bits per heavy atom. The Balaban J connectivity index is 1.70. The largest absolute Gasteiger partial charge is 0.444 e. The Hall–Kier alpha value is -4.65. The lowest BCUT2D eigenvalue weighted by molar-refractivity contribution is -0.137. The third kappa shape index (κ3) is 10.9. The van der Waals surface area contributed by atoms with Gasteiger partial charge < -0.3 is 25.6 Å². The highest BCUT2D eigenvalue weighted by molar-refractivity contribution is 6.05. The van der Waals surface area contributed by atoms with Crippen molar-refractivity contribution in [3.8, 4) is 0 Å². The summed E-state index contributed by atoms with van der Waals surface area (Å²) in [7, 11) is 3.85.